The average Bonchev–Trinajstić information content (AvgIpc) is 2.48. The zero-order valence-corrected chi connectivity index (χ0v) is 14.1. The lowest BCUT2D eigenvalue weighted by Gasteiger charge is -2.35. The van der Waals surface area contributed by atoms with Crippen molar-refractivity contribution >= 4 is 29.5 Å². The van der Waals surface area contributed by atoms with Crippen LogP contribution in [0.2, 0.25) is 5.15 Å². The Morgan fingerprint density at radius 1 is 1.13 bits per heavy atom. The maximum absolute atomic E-state index is 12.2. The number of nitrogens with zero attached hydrogens (tertiary/aromatic N) is 4. The summed E-state index contributed by atoms with van der Waals surface area (Å²) >= 11 is 5.86. The number of rotatable bonds is 1. The van der Waals surface area contributed by atoms with E-state index in [0.29, 0.717) is 26.2 Å². The van der Waals surface area contributed by atoms with Gasteiger partial charge < -0.3 is 14.5 Å². The molecular weight excluding hydrogens is 322 g/mol. The lowest BCUT2D eigenvalue weighted by Crippen LogP contribution is -2.52. The summed E-state index contributed by atoms with van der Waals surface area (Å²) in [4.78, 5) is 35.1. The van der Waals surface area contributed by atoms with Gasteiger partial charge in [-0.3, -0.25) is 5.32 Å². The molecule has 8 nitrogen and oxygen atoms in total. The first-order chi connectivity index (χ1) is 10.8. The van der Waals surface area contributed by atoms with E-state index < -0.39 is 5.60 Å². The lowest BCUT2D eigenvalue weighted by molar-refractivity contribution is 0.0174. The first-order valence-corrected chi connectivity index (χ1v) is 7.64. The van der Waals surface area contributed by atoms with E-state index in [9.17, 15) is 9.59 Å². The predicted molar refractivity (Wildman–Crippen MR) is 85.4 cm³/mol. The van der Waals surface area contributed by atoms with Crippen molar-refractivity contribution in [2.75, 3.05) is 31.5 Å². The van der Waals surface area contributed by atoms with Crippen molar-refractivity contribution in [2.24, 2.45) is 0 Å². The molecule has 1 aliphatic heterocycles. The summed E-state index contributed by atoms with van der Waals surface area (Å²) < 4.78 is 5.32. The van der Waals surface area contributed by atoms with Gasteiger partial charge in [0.25, 0.3) is 0 Å². The maximum Gasteiger partial charge on any atom is 0.410 e. The Kier molecular flexibility index (Phi) is 5.25. The van der Waals surface area contributed by atoms with E-state index in [1.165, 1.54) is 12.4 Å². The van der Waals surface area contributed by atoms with Crippen LogP contribution in [0.1, 0.15) is 20.8 Å². The number of halogens is 1. The quantitative estimate of drug-likeness (QED) is 0.846. The molecule has 0 atom stereocenters. The fourth-order valence-corrected chi connectivity index (χ4v) is 2.16. The van der Waals surface area contributed by atoms with E-state index in [4.69, 9.17) is 16.3 Å². The van der Waals surface area contributed by atoms with Crippen molar-refractivity contribution in [1.29, 1.82) is 0 Å². The van der Waals surface area contributed by atoms with E-state index in [2.05, 4.69) is 15.3 Å². The van der Waals surface area contributed by atoms with Gasteiger partial charge in [0.1, 0.15) is 5.60 Å². The maximum atomic E-state index is 12.2. The summed E-state index contributed by atoms with van der Waals surface area (Å²) in [5, 5.41) is 2.74. The van der Waals surface area contributed by atoms with Crippen LogP contribution in [-0.2, 0) is 4.74 Å². The van der Waals surface area contributed by atoms with Crippen molar-refractivity contribution in [3.8, 4) is 0 Å². The van der Waals surface area contributed by atoms with Crippen LogP contribution in [0, 0.1) is 0 Å². The number of piperazine rings is 1. The Balaban J connectivity index is 1.85. The van der Waals surface area contributed by atoms with Gasteiger partial charge in [-0.05, 0) is 20.8 Å². The van der Waals surface area contributed by atoms with Gasteiger partial charge in [-0.1, -0.05) is 11.6 Å². The molecule has 0 unspecified atom stereocenters. The van der Waals surface area contributed by atoms with E-state index >= 15 is 0 Å². The van der Waals surface area contributed by atoms with Gasteiger partial charge in [0.2, 0.25) is 0 Å². The highest BCUT2D eigenvalue weighted by Gasteiger charge is 2.27. The SMILES string of the molecule is CC(C)(C)OC(=O)N1CCN(C(=O)Nc2nccnc2Cl)CC1. The molecular formula is C14H20ClN5O3. The molecule has 1 saturated heterocycles. The molecule has 9 heteroatoms. The van der Waals surface area contributed by atoms with Crippen molar-refractivity contribution in [3.05, 3.63) is 17.5 Å². The summed E-state index contributed by atoms with van der Waals surface area (Å²) in [6.07, 6.45) is 2.52. The van der Waals surface area contributed by atoms with Crippen LogP contribution in [0.25, 0.3) is 0 Å². The first-order valence-electron chi connectivity index (χ1n) is 7.26. The minimum atomic E-state index is -0.533. The number of hydrogen-bond acceptors (Lipinski definition) is 5. The number of anilines is 1. The second-order valence-corrected chi connectivity index (χ2v) is 6.44. The number of aromatic nitrogens is 2. The third kappa shape index (κ3) is 4.95. The van der Waals surface area contributed by atoms with Gasteiger partial charge in [-0.2, -0.15) is 0 Å². The van der Waals surface area contributed by atoms with Crippen molar-refractivity contribution in [3.63, 3.8) is 0 Å². The van der Waals surface area contributed by atoms with E-state index in [0.717, 1.165) is 0 Å². The van der Waals surface area contributed by atoms with Crippen molar-refractivity contribution < 1.29 is 14.3 Å². The largest absolute Gasteiger partial charge is 0.444 e. The van der Waals surface area contributed by atoms with E-state index in [1.807, 2.05) is 20.8 Å². The molecule has 0 spiro atoms. The van der Waals surface area contributed by atoms with Crippen LogP contribution in [0.4, 0.5) is 15.4 Å². The molecule has 126 valence electrons. The number of carbonyl (C=O) groups excluding carboxylic acids is 2. The lowest BCUT2D eigenvalue weighted by atomic mass is 10.2. The number of carbonyl (C=O) groups is 2. The Hall–Kier alpha value is -2.09. The molecule has 3 amide bonds. The van der Waals surface area contributed by atoms with Crippen LogP contribution in [0.5, 0.6) is 0 Å². The molecule has 1 fully saturated rings. The Morgan fingerprint density at radius 2 is 1.70 bits per heavy atom. The zero-order valence-electron chi connectivity index (χ0n) is 13.4. The topological polar surface area (TPSA) is 87.7 Å². The summed E-state index contributed by atoms with van der Waals surface area (Å²) in [6, 6.07) is -0.323. The second-order valence-electron chi connectivity index (χ2n) is 6.08. The van der Waals surface area contributed by atoms with Crippen LogP contribution < -0.4 is 5.32 Å². The molecule has 2 rings (SSSR count). The van der Waals surface area contributed by atoms with Gasteiger partial charge in [-0.15, -0.1) is 0 Å². The molecule has 1 aromatic rings. The van der Waals surface area contributed by atoms with Crippen LogP contribution in [0.3, 0.4) is 0 Å². The molecule has 0 saturated carbocycles. The second kappa shape index (κ2) is 6.99. The number of urea groups is 1. The minimum absolute atomic E-state index is 0.133. The van der Waals surface area contributed by atoms with E-state index in [-0.39, 0.29) is 23.1 Å². The smallest absolute Gasteiger partial charge is 0.410 e. The summed E-state index contributed by atoms with van der Waals surface area (Å²) in [6.45, 7) is 7.09. The highest BCUT2D eigenvalue weighted by molar-refractivity contribution is 6.32. The zero-order chi connectivity index (χ0) is 17.0. The summed E-state index contributed by atoms with van der Waals surface area (Å²) in [7, 11) is 0. The highest BCUT2D eigenvalue weighted by atomic mass is 35.5. The number of hydrogen-bond donors (Lipinski definition) is 1. The number of nitrogens with one attached hydrogen (secondary N) is 1. The van der Waals surface area contributed by atoms with Crippen molar-refractivity contribution in [1.82, 2.24) is 19.8 Å². The van der Waals surface area contributed by atoms with E-state index in [1.54, 1.807) is 9.80 Å². The van der Waals surface area contributed by atoms with Crippen LogP contribution >= 0.6 is 11.6 Å². The Morgan fingerprint density at radius 3 is 2.26 bits per heavy atom. The average molecular weight is 342 g/mol. The normalized spacial score (nSPS) is 15.3. The van der Waals surface area contributed by atoms with Crippen LogP contribution in [-0.4, -0.2) is 63.7 Å². The van der Waals surface area contributed by atoms with Gasteiger partial charge in [0.15, 0.2) is 11.0 Å². The monoisotopic (exact) mass is 341 g/mol. The summed E-state index contributed by atoms with van der Waals surface area (Å²) in [5.41, 5.74) is -0.533. The third-order valence-electron chi connectivity index (χ3n) is 3.10. The Labute approximate surface area is 139 Å². The fraction of sp³-hybridized carbons (Fsp3) is 0.571. The molecule has 0 aromatic carbocycles. The first kappa shape index (κ1) is 17.3. The molecule has 1 aromatic heterocycles. The minimum Gasteiger partial charge on any atom is -0.444 e. The van der Waals surface area contributed by atoms with Crippen molar-refractivity contribution in [2.45, 2.75) is 26.4 Å². The van der Waals surface area contributed by atoms with Gasteiger partial charge >= 0.3 is 12.1 Å². The molecule has 1 N–H and O–H groups in total. The number of amides is 3. The highest BCUT2D eigenvalue weighted by Crippen LogP contribution is 2.16. The number of ether oxygens (including phenoxy) is 1. The van der Waals surface area contributed by atoms with Gasteiger partial charge in [-0.25, -0.2) is 19.6 Å². The molecule has 0 bridgehead atoms. The predicted octanol–water partition coefficient (Wildman–Crippen LogP) is 2.21. The summed E-state index contributed by atoms with van der Waals surface area (Å²) in [5.74, 6) is 0.216. The van der Waals surface area contributed by atoms with Gasteiger partial charge in [0.05, 0.1) is 0 Å². The van der Waals surface area contributed by atoms with Gasteiger partial charge in [0, 0.05) is 38.6 Å². The Bertz CT molecular complexity index is 582. The molecule has 23 heavy (non-hydrogen) atoms. The molecule has 0 radical (unpaired) electrons. The third-order valence-corrected chi connectivity index (χ3v) is 3.37. The standard InChI is InChI=1S/C14H20ClN5O3/c1-14(2,3)23-13(22)20-8-6-19(7-9-20)12(21)18-11-10(15)16-4-5-17-11/h4-5H,6-9H2,1-3H3,(H,17,18,21). The molecule has 1 aliphatic rings. The fourth-order valence-electron chi connectivity index (χ4n) is 2.00. The van der Waals surface area contributed by atoms with Crippen LogP contribution in [0.15, 0.2) is 12.4 Å². The molecule has 0 aliphatic carbocycles. The molecule has 2 heterocycles.